The van der Waals surface area contributed by atoms with Gasteiger partial charge in [-0.25, -0.2) is 4.98 Å². The quantitative estimate of drug-likeness (QED) is 0.250. The van der Waals surface area contributed by atoms with Crippen LogP contribution in [0.15, 0.2) is 77.8 Å². The summed E-state index contributed by atoms with van der Waals surface area (Å²) >= 11 is 2.71. The van der Waals surface area contributed by atoms with Gasteiger partial charge in [0, 0.05) is 17.5 Å². The number of allylic oxidation sites excluding steroid dienone is 1. The standard InChI is InChI=1S/C24H23N5O2S2/c1-3-12-29-21(14-31-19-11-7-8-17(2)13-19)27-28-24(29)33-16-22(30)26-23-25-20(15-32-23)18-9-5-4-6-10-18/h3-11,13,15H,1,12,14,16H2,2H3,(H,25,26,30). The van der Waals surface area contributed by atoms with E-state index in [1.165, 1.54) is 23.1 Å². The van der Waals surface area contributed by atoms with Gasteiger partial charge in [-0.2, -0.15) is 0 Å². The molecule has 0 bridgehead atoms. The summed E-state index contributed by atoms with van der Waals surface area (Å²) in [4.78, 5) is 17.0. The molecule has 0 aliphatic rings. The van der Waals surface area contributed by atoms with Gasteiger partial charge in [-0.05, 0) is 24.6 Å². The first-order valence-electron chi connectivity index (χ1n) is 10.3. The molecule has 0 radical (unpaired) electrons. The van der Waals surface area contributed by atoms with E-state index in [0.29, 0.717) is 22.7 Å². The molecule has 1 N–H and O–H groups in total. The van der Waals surface area contributed by atoms with E-state index >= 15 is 0 Å². The second kappa shape index (κ2) is 10.9. The van der Waals surface area contributed by atoms with Crippen molar-refractivity contribution >= 4 is 34.1 Å². The number of carbonyl (C=O) groups is 1. The van der Waals surface area contributed by atoms with Crippen LogP contribution in [0.5, 0.6) is 5.75 Å². The zero-order valence-electron chi connectivity index (χ0n) is 18.1. The van der Waals surface area contributed by atoms with Gasteiger partial charge >= 0.3 is 0 Å². The predicted molar refractivity (Wildman–Crippen MR) is 133 cm³/mol. The molecule has 4 rings (SSSR count). The average molecular weight is 478 g/mol. The highest BCUT2D eigenvalue weighted by Gasteiger charge is 2.15. The minimum absolute atomic E-state index is 0.153. The fraction of sp³-hybridized carbons (Fsp3) is 0.167. The van der Waals surface area contributed by atoms with Crippen molar-refractivity contribution in [3.63, 3.8) is 0 Å². The number of ether oxygens (including phenoxy) is 1. The number of aryl methyl sites for hydroxylation is 1. The topological polar surface area (TPSA) is 81.9 Å². The lowest BCUT2D eigenvalue weighted by atomic mass is 10.2. The normalized spacial score (nSPS) is 10.7. The van der Waals surface area contributed by atoms with Crippen LogP contribution in [0.3, 0.4) is 0 Å². The van der Waals surface area contributed by atoms with E-state index in [9.17, 15) is 4.79 Å². The van der Waals surface area contributed by atoms with Crippen LogP contribution >= 0.6 is 23.1 Å². The first-order valence-corrected chi connectivity index (χ1v) is 12.1. The molecule has 0 aliphatic carbocycles. The van der Waals surface area contributed by atoms with Gasteiger partial charge in [-0.15, -0.1) is 28.1 Å². The lowest BCUT2D eigenvalue weighted by Crippen LogP contribution is -2.15. The van der Waals surface area contributed by atoms with Crippen molar-refractivity contribution in [2.75, 3.05) is 11.1 Å². The Kier molecular flexibility index (Phi) is 7.54. The molecule has 2 aromatic heterocycles. The van der Waals surface area contributed by atoms with Gasteiger partial charge in [-0.1, -0.05) is 60.3 Å². The maximum atomic E-state index is 12.5. The molecule has 0 atom stereocenters. The Morgan fingerprint density at radius 2 is 2.06 bits per heavy atom. The minimum Gasteiger partial charge on any atom is -0.486 e. The van der Waals surface area contributed by atoms with Gasteiger partial charge in [-0.3, -0.25) is 9.36 Å². The second-order valence-electron chi connectivity index (χ2n) is 7.14. The molecule has 4 aromatic rings. The average Bonchev–Trinajstić information content (AvgIpc) is 3.44. The Labute approximate surface area is 200 Å². The van der Waals surface area contributed by atoms with E-state index in [-0.39, 0.29) is 18.3 Å². The lowest BCUT2D eigenvalue weighted by molar-refractivity contribution is -0.113. The van der Waals surface area contributed by atoms with Crippen LogP contribution in [0, 0.1) is 6.92 Å². The van der Waals surface area contributed by atoms with Crippen molar-refractivity contribution < 1.29 is 9.53 Å². The molecule has 0 aliphatic heterocycles. The molecular formula is C24H23N5O2S2. The van der Waals surface area contributed by atoms with E-state index in [1.54, 1.807) is 6.08 Å². The highest BCUT2D eigenvalue weighted by Crippen LogP contribution is 2.25. The van der Waals surface area contributed by atoms with Crippen LogP contribution in [0.4, 0.5) is 5.13 Å². The third-order valence-electron chi connectivity index (χ3n) is 4.62. The second-order valence-corrected chi connectivity index (χ2v) is 8.94. The molecule has 2 aromatic carbocycles. The lowest BCUT2D eigenvalue weighted by Gasteiger charge is -2.09. The van der Waals surface area contributed by atoms with Crippen LogP contribution in [-0.4, -0.2) is 31.4 Å². The number of thioether (sulfide) groups is 1. The molecule has 168 valence electrons. The fourth-order valence-electron chi connectivity index (χ4n) is 3.06. The zero-order chi connectivity index (χ0) is 23.0. The van der Waals surface area contributed by atoms with E-state index < -0.39 is 0 Å². The fourth-order valence-corrected chi connectivity index (χ4v) is 4.56. The third kappa shape index (κ3) is 6.09. The number of hydrogen-bond donors (Lipinski definition) is 1. The van der Waals surface area contributed by atoms with E-state index in [2.05, 4.69) is 27.1 Å². The summed E-state index contributed by atoms with van der Waals surface area (Å²) < 4.78 is 7.76. The molecule has 2 heterocycles. The SMILES string of the molecule is C=CCn1c(COc2cccc(C)c2)nnc1SCC(=O)Nc1nc(-c2ccccc2)cs1. The van der Waals surface area contributed by atoms with Gasteiger partial charge in [0.2, 0.25) is 5.91 Å². The molecule has 0 saturated carbocycles. The summed E-state index contributed by atoms with van der Waals surface area (Å²) in [5.74, 6) is 1.48. The van der Waals surface area contributed by atoms with Crippen molar-refractivity contribution in [3.05, 3.63) is 84.0 Å². The summed E-state index contributed by atoms with van der Waals surface area (Å²) in [7, 11) is 0. The smallest absolute Gasteiger partial charge is 0.236 e. The molecule has 9 heteroatoms. The summed E-state index contributed by atoms with van der Waals surface area (Å²) in [6.45, 7) is 6.63. The van der Waals surface area contributed by atoms with Gasteiger partial charge in [0.1, 0.15) is 12.4 Å². The van der Waals surface area contributed by atoms with E-state index in [4.69, 9.17) is 4.74 Å². The number of thiazole rings is 1. The first kappa shape index (κ1) is 22.8. The number of rotatable bonds is 10. The Balaban J connectivity index is 1.35. The predicted octanol–water partition coefficient (Wildman–Crippen LogP) is 5.21. The zero-order valence-corrected chi connectivity index (χ0v) is 19.7. The van der Waals surface area contributed by atoms with Gasteiger partial charge in [0.05, 0.1) is 11.4 Å². The molecule has 0 saturated heterocycles. The van der Waals surface area contributed by atoms with Crippen LogP contribution in [0.25, 0.3) is 11.3 Å². The minimum atomic E-state index is -0.153. The first-order chi connectivity index (χ1) is 16.1. The third-order valence-corrected chi connectivity index (χ3v) is 6.34. The van der Waals surface area contributed by atoms with Crippen molar-refractivity contribution in [1.82, 2.24) is 19.7 Å². The summed E-state index contributed by atoms with van der Waals surface area (Å²) in [5, 5.41) is 14.5. The Bertz CT molecular complexity index is 1240. The van der Waals surface area contributed by atoms with Crippen LogP contribution in [0.1, 0.15) is 11.4 Å². The van der Waals surface area contributed by atoms with Crippen molar-refractivity contribution in [3.8, 4) is 17.0 Å². The Morgan fingerprint density at radius 3 is 2.85 bits per heavy atom. The van der Waals surface area contributed by atoms with Crippen molar-refractivity contribution in [2.45, 2.75) is 25.2 Å². The Morgan fingerprint density at radius 1 is 1.21 bits per heavy atom. The number of benzene rings is 2. The molecule has 33 heavy (non-hydrogen) atoms. The number of aromatic nitrogens is 4. The number of amides is 1. The number of carbonyl (C=O) groups excluding carboxylic acids is 1. The number of nitrogens with one attached hydrogen (secondary N) is 1. The number of hydrogen-bond acceptors (Lipinski definition) is 7. The Hall–Kier alpha value is -3.43. The van der Waals surface area contributed by atoms with Gasteiger partial charge in [0.15, 0.2) is 16.1 Å². The summed E-state index contributed by atoms with van der Waals surface area (Å²) in [6, 6.07) is 17.7. The summed E-state index contributed by atoms with van der Waals surface area (Å²) in [5.41, 5.74) is 2.98. The maximum absolute atomic E-state index is 12.5. The maximum Gasteiger partial charge on any atom is 0.236 e. The van der Waals surface area contributed by atoms with Crippen LogP contribution in [0.2, 0.25) is 0 Å². The van der Waals surface area contributed by atoms with Crippen molar-refractivity contribution in [2.24, 2.45) is 0 Å². The van der Waals surface area contributed by atoms with Gasteiger partial charge < -0.3 is 10.1 Å². The monoisotopic (exact) mass is 477 g/mol. The van der Waals surface area contributed by atoms with E-state index in [1.807, 2.05) is 71.5 Å². The molecule has 0 unspecified atom stereocenters. The van der Waals surface area contributed by atoms with Crippen LogP contribution < -0.4 is 10.1 Å². The van der Waals surface area contributed by atoms with Crippen molar-refractivity contribution in [1.29, 1.82) is 0 Å². The van der Waals surface area contributed by atoms with Gasteiger partial charge in [0.25, 0.3) is 0 Å². The van der Waals surface area contributed by atoms with E-state index in [0.717, 1.165) is 22.6 Å². The number of anilines is 1. The highest BCUT2D eigenvalue weighted by molar-refractivity contribution is 7.99. The van der Waals surface area contributed by atoms with Crippen LogP contribution in [-0.2, 0) is 17.9 Å². The molecular weight excluding hydrogens is 454 g/mol. The summed E-state index contributed by atoms with van der Waals surface area (Å²) in [6.07, 6.45) is 1.77. The molecule has 0 fully saturated rings. The largest absolute Gasteiger partial charge is 0.486 e. The molecule has 7 nitrogen and oxygen atoms in total. The molecule has 1 amide bonds. The number of nitrogens with zero attached hydrogens (tertiary/aromatic N) is 4. The molecule has 0 spiro atoms. The highest BCUT2D eigenvalue weighted by atomic mass is 32.2.